The number of carbonyl (C=O) groups excluding carboxylic acids is 3. The van der Waals surface area contributed by atoms with Gasteiger partial charge in [0.1, 0.15) is 5.60 Å². The molecule has 1 N–H and O–H groups in total. The van der Waals surface area contributed by atoms with Crippen LogP contribution in [0.2, 0.25) is 0 Å². The van der Waals surface area contributed by atoms with Gasteiger partial charge >= 0.3 is 6.09 Å². The Morgan fingerprint density at radius 2 is 2.06 bits per heavy atom. The van der Waals surface area contributed by atoms with Crippen LogP contribution in [0.1, 0.15) is 33.6 Å². The third-order valence-corrected chi connectivity index (χ3v) is 3.24. The van der Waals surface area contributed by atoms with Crippen molar-refractivity contribution in [1.82, 2.24) is 10.2 Å². The molecule has 0 radical (unpaired) electrons. The maximum atomic E-state index is 11.9. The third kappa shape index (κ3) is 2.32. The predicted octanol–water partition coefficient (Wildman–Crippen LogP) is 0.660. The van der Waals surface area contributed by atoms with Crippen LogP contribution in [0, 0.1) is 5.41 Å². The van der Waals surface area contributed by atoms with E-state index in [1.165, 1.54) is 4.90 Å². The van der Waals surface area contributed by atoms with E-state index >= 15 is 0 Å². The molecule has 3 amide bonds. The maximum Gasteiger partial charge on any atom is 0.410 e. The maximum absolute atomic E-state index is 11.9. The number of carbonyl (C=O) groups is 3. The molecule has 2 rings (SSSR count). The van der Waals surface area contributed by atoms with Crippen LogP contribution in [0.15, 0.2) is 0 Å². The van der Waals surface area contributed by atoms with E-state index in [9.17, 15) is 14.4 Å². The van der Waals surface area contributed by atoms with Crippen molar-refractivity contribution in [3.8, 4) is 0 Å². The summed E-state index contributed by atoms with van der Waals surface area (Å²) in [7, 11) is 0. The fourth-order valence-electron chi connectivity index (χ4n) is 2.38. The fraction of sp³-hybridized carbons (Fsp3) is 0.750. The van der Waals surface area contributed by atoms with E-state index in [0.29, 0.717) is 13.0 Å². The van der Waals surface area contributed by atoms with Crippen molar-refractivity contribution in [3.05, 3.63) is 0 Å². The van der Waals surface area contributed by atoms with Crippen LogP contribution in [-0.2, 0) is 14.3 Å². The smallest absolute Gasteiger partial charge is 0.410 e. The molecule has 0 aromatic carbocycles. The Bertz CT molecular complexity index is 413. The minimum Gasteiger partial charge on any atom is -0.444 e. The predicted molar refractivity (Wildman–Crippen MR) is 62.6 cm³/mol. The van der Waals surface area contributed by atoms with Gasteiger partial charge in [0.15, 0.2) is 0 Å². The Morgan fingerprint density at radius 3 is 2.56 bits per heavy atom. The highest BCUT2D eigenvalue weighted by atomic mass is 16.6. The number of hydrogen-bond acceptors (Lipinski definition) is 4. The molecule has 0 aromatic rings. The van der Waals surface area contributed by atoms with Crippen molar-refractivity contribution in [2.45, 2.75) is 39.2 Å². The van der Waals surface area contributed by atoms with E-state index in [4.69, 9.17) is 4.74 Å². The van der Waals surface area contributed by atoms with Crippen LogP contribution in [0.3, 0.4) is 0 Å². The summed E-state index contributed by atoms with van der Waals surface area (Å²) in [5.74, 6) is -0.524. The van der Waals surface area contributed by atoms with Gasteiger partial charge in [-0.05, 0) is 27.2 Å². The summed E-state index contributed by atoms with van der Waals surface area (Å²) in [6.07, 6.45) is 0.265. The van der Waals surface area contributed by atoms with Crippen molar-refractivity contribution in [2.24, 2.45) is 5.41 Å². The highest BCUT2D eigenvalue weighted by Crippen LogP contribution is 2.38. The van der Waals surface area contributed by atoms with Crippen LogP contribution in [0.4, 0.5) is 4.79 Å². The van der Waals surface area contributed by atoms with Crippen LogP contribution in [-0.4, -0.2) is 41.5 Å². The Morgan fingerprint density at radius 1 is 1.39 bits per heavy atom. The SMILES string of the molecule is CC(C)(C)OC(=O)N1CCC2(CC(=O)NC2=O)C1. The van der Waals surface area contributed by atoms with Crippen LogP contribution in [0.5, 0.6) is 0 Å². The second-order valence-electron chi connectivity index (χ2n) is 5.99. The largest absolute Gasteiger partial charge is 0.444 e. The second kappa shape index (κ2) is 3.96. The van der Waals surface area contributed by atoms with Gasteiger partial charge in [-0.1, -0.05) is 0 Å². The van der Waals surface area contributed by atoms with Crippen molar-refractivity contribution in [3.63, 3.8) is 0 Å². The molecule has 2 aliphatic rings. The minimum atomic E-state index is -0.728. The molecule has 1 atom stereocenters. The highest BCUT2D eigenvalue weighted by molar-refractivity contribution is 6.06. The van der Waals surface area contributed by atoms with E-state index < -0.39 is 17.1 Å². The lowest BCUT2D eigenvalue weighted by molar-refractivity contribution is -0.128. The van der Waals surface area contributed by atoms with Gasteiger partial charge < -0.3 is 9.64 Å². The lowest BCUT2D eigenvalue weighted by Crippen LogP contribution is -2.39. The molecule has 1 unspecified atom stereocenters. The van der Waals surface area contributed by atoms with Crippen molar-refractivity contribution >= 4 is 17.9 Å². The van der Waals surface area contributed by atoms with Gasteiger partial charge in [-0.3, -0.25) is 14.9 Å². The number of ether oxygens (including phenoxy) is 1. The zero-order valence-electron chi connectivity index (χ0n) is 10.9. The normalized spacial score (nSPS) is 27.8. The summed E-state index contributed by atoms with van der Waals surface area (Å²) in [6, 6.07) is 0. The number of hydrogen-bond donors (Lipinski definition) is 1. The molecule has 6 nitrogen and oxygen atoms in total. The molecule has 2 saturated heterocycles. The molecule has 0 bridgehead atoms. The average Bonchev–Trinajstić information content (AvgIpc) is 2.70. The first-order chi connectivity index (χ1) is 8.22. The first-order valence-corrected chi connectivity index (χ1v) is 6.04. The minimum absolute atomic E-state index is 0.172. The summed E-state index contributed by atoms with van der Waals surface area (Å²) >= 11 is 0. The molecule has 1 spiro atoms. The first-order valence-electron chi connectivity index (χ1n) is 6.04. The second-order valence-corrected chi connectivity index (χ2v) is 5.99. The molecule has 2 fully saturated rings. The Balaban J connectivity index is 2.03. The number of rotatable bonds is 0. The van der Waals surface area contributed by atoms with Crippen LogP contribution >= 0.6 is 0 Å². The van der Waals surface area contributed by atoms with Gasteiger partial charge in [0.2, 0.25) is 11.8 Å². The summed E-state index contributed by atoms with van der Waals surface area (Å²) in [6.45, 7) is 6.10. The Hall–Kier alpha value is -1.59. The zero-order chi connectivity index (χ0) is 13.6. The first kappa shape index (κ1) is 12.9. The lowest BCUT2D eigenvalue weighted by Gasteiger charge is -2.25. The average molecular weight is 254 g/mol. The number of nitrogens with one attached hydrogen (secondary N) is 1. The molecule has 0 aliphatic carbocycles. The molecular formula is C12H18N2O4. The van der Waals surface area contributed by atoms with Crippen molar-refractivity contribution < 1.29 is 19.1 Å². The fourth-order valence-corrected chi connectivity index (χ4v) is 2.38. The number of amides is 3. The zero-order valence-corrected chi connectivity index (χ0v) is 10.9. The van der Waals surface area contributed by atoms with Gasteiger partial charge in [-0.2, -0.15) is 0 Å². The molecule has 0 saturated carbocycles. The van der Waals surface area contributed by atoms with Crippen LogP contribution < -0.4 is 5.32 Å². The van der Waals surface area contributed by atoms with E-state index in [1.54, 1.807) is 20.8 Å². The number of likely N-dealkylation sites (tertiary alicyclic amines) is 1. The molecule has 2 aliphatic heterocycles. The Labute approximate surface area is 106 Å². The molecule has 100 valence electrons. The molecule has 2 heterocycles. The van der Waals surface area contributed by atoms with Crippen molar-refractivity contribution in [2.75, 3.05) is 13.1 Å². The Kier molecular flexibility index (Phi) is 2.83. The number of nitrogens with zero attached hydrogens (tertiary/aromatic N) is 1. The molecular weight excluding hydrogens is 236 g/mol. The van der Waals surface area contributed by atoms with E-state index in [2.05, 4.69) is 5.32 Å². The number of imide groups is 1. The van der Waals surface area contributed by atoms with Gasteiger partial charge in [0, 0.05) is 19.5 Å². The summed E-state index contributed by atoms with van der Waals surface area (Å²) in [4.78, 5) is 36.4. The highest BCUT2D eigenvalue weighted by Gasteiger charge is 2.52. The van der Waals surface area contributed by atoms with E-state index in [0.717, 1.165) is 0 Å². The molecule has 18 heavy (non-hydrogen) atoms. The standard InChI is InChI=1S/C12H18N2O4/c1-11(2,3)18-10(17)14-5-4-12(7-14)6-8(15)13-9(12)16/h4-7H2,1-3H3,(H,13,15,16). The quantitative estimate of drug-likeness (QED) is 0.644. The van der Waals surface area contributed by atoms with E-state index in [-0.39, 0.29) is 24.8 Å². The van der Waals surface area contributed by atoms with Gasteiger partial charge in [0.05, 0.1) is 5.41 Å². The van der Waals surface area contributed by atoms with Crippen molar-refractivity contribution in [1.29, 1.82) is 0 Å². The van der Waals surface area contributed by atoms with E-state index in [1.807, 2.05) is 0 Å². The van der Waals surface area contributed by atoms with Gasteiger partial charge in [0.25, 0.3) is 0 Å². The monoisotopic (exact) mass is 254 g/mol. The topological polar surface area (TPSA) is 75.7 Å². The summed E-state index contributed by atoms with van der Waals surface area (Å²) in [5, 5.41) is 2.30. The lowest BCUT2D eigenvalue weighted by atomic mass is 9.85. The van der Waals surface area contributed by atoms with Gasteiger partial charge in [-0.15, -0.1) is 0 Å². The molecule has 0 aromatic heterocycles. The summed E-state index contributed by atoms with van der Waals surface area (Å²) in [5.41, 5.74) is -1.28. The molecule has 6 heteroatoms. The van der Waals surface area contributed by atoms with Crippen LogP contribution in [0.25, 0.3) is 0 Å². The third-order valence-electron chi connectivity index (χ3n) is 3.24. The van der Waals surface area contributed by atoms with Gasteiger partial charge in [-0.25, -0.2) is 4.79 Å². The summed E-state index contributed by atoms with van der Waals surface area (Å²) < 4.78 is 5.26.